The molecule has 0 amide bonds. The number of benzene rings is 1. The predicted octanol–water partition coefficient (Wildman–Crippen LogP) is 1.63. The van der Waals surface area contributed by atoms with Crippen LogP contribution in [0.4, 0.5) is 0 Å². The van der Waals surface area contributed by atoms with E-state index in [-0.39, 0.29) is 5.41 Å². The van der Waals surface area contributed by atoms with Crippen molar-refractivity contribution in [3.63, 3.8) is 0 Å². The highest BCUT2D eigenvalue weighted by atomic mass is 16.1. The highest BCUT2D eigenvalue weighted by molar-refractivity contribution is 5.75. The van der Waals surface area contributed by atoms with Crippen LogP contribution in [0.2, 0.25) is 0 Å². The molecule has 1 aromatic heterocycles. The molecule has 0 aliphatic heterocycles. The molecule has 0 spiro atoms. The van der Waals surface area contributed by atoms with Gasteiger partial charge in [-0.05, 0) is 17.7 Å². The van der Waals surface area contributed by atoms with Crippen LogP contribution in [0.15, 0.2) is 24.5 Å². The third kappa shape index (κ3) is 2.53. The number of aromatic nitrogens is 2. The minimum atomic E-state index is -0.0116. The fourth-order valence-corrected chi connectivity index (χ4v) is 1.90. The first-order valence-corrected chi connectivity index (χ1v) is 5.71. The molecule has 2 rings (SSSR count). The van der Waals surface area contributed by atoms with E-state index in [0.717, 1.165) is 23.9 Å². The maximum atomic E-state index is 10.3. The first-order chi connectivity index (χ1) is 8.13. The van der Waals surface area contributed by atoms with Crippen molar-refractivity contribution in [1.82, 2.24) is 15.3 Å². The van der Waals surface area contributed by atoms with Gasteiger partial charge in [-0.3, -0.25) is 0 Å². The monoisotopic (exact) mass is 231 g/mol. The van der Waals surface area contributed by atoms with Crippen LogP contribution >= 0.6 is 0 Å². The molecule has 0 fully saturated rings. The van der Waals surface area contributed by atoms with Crippen LogP contribution in [-0.2, 0) is 10.2 Å². The van der Waals surface area contributed by atoms with E-state index in [1.807, 2.05) is 6.07 Å². The Bertz CT molecular complexity index is 516. The van der Waals surface area contributed by atoms with Crippen LogP contribution in [0.3, 0.4) is 0 Å². The van der Waals surface area contributed by atoms with E-state index in [9.17, 15) is 4.79 Å². The van der Waals surface area contributed by atoms with Crippen LogP contribution in [0.1, 0.15) is 19.4 Å². The van der Waals surface area contributed by atoms with Crippen molar-refractivity contribution >= 4 is 17.3 Å². The Morgan fingerprint density at radius 2 is 2.29 bits per heavy atom. The summed E-state index contributed by atoms with van der Waals surface area (Å²) in [6.45, 7) is 5.48. The van der Waals surface area contributed by atoms with Gasteiger partial charge in [-0.15, -0.1) is 0 Å². The van der Waals surface area contributed by atoms with Gasteiger partial charge >= 0.3 is 0 Å². The zero-order chi connectivity index (χ0) is 12.3. The van der Waals surface area contributed by atoms with Gasteiger partial charge in [0.1, 0.15) is 6.29 Å². The summed E-state index contributed by atoms with van der Waals surface area (Å²) in [6.07, 6.45) is 2.58. The molecule has 0 unspecified atom stereocenters. The fraction of sp³-hybridized carbons (Fsp3) is 0.385. The van der Waals surface area contributed by atoms with Crippen molar-refractivity contribution in [2.45, 2.75) is 19.3 Å². The highest BCUT2D eigenvalue weighted by Gasteiger charge is 2.20. The SMILES string of the molecule is CC(C)(CNCC=O)c1ccc2nc[nH]c2c1. The summed E-state index contributed by atoms with van der Waals surface area (Å²) in [5, 5.41) is 3.12. The predicted molar refractivity (Wildman–Crippen MR) is 68.1 cm³/mol. The second-order valence-corrected chi connectivity index (χ2v) is 4.82. The second kappa shape index (κ2) is 4.67. The van der Waals surface area contributed by atoms with Crippen molar-refractivity contribution in [3.05, 3.63) is 30.1 Å². The molecular weight excluding hydrogens is 214 g/mol. The number of carbonyl (C=O) groups is 1. The molecule has 2 aromatic rings. The van der Waals surface area contributed by atoms with E-state index in [0.29, 0.717) is 6.54 Å². The van der Waals surface area contributed by atoms with Crippen LogP contribution in [0.25, 0.3) is 11.0 Å². The largest absolute Gasteiger partial charge is 0.345 e. The highest BCUT2D eigenvalue weighted by Crippen LogP contribution is 2.24. The molecule has 4 heteroatoms. The number of fused-ring (bicyclic) bond motifs is 1. The zero-order valence-electron chi connectivity index (χ0n) is 10.2. The first-order valence-electron chi connectivity index (χ1n) is 5.71. The van der Waals surface area contributed by atoms with Gasteiger partial charge in [0, 0.05) is 12.0 Å². The minimum absolute atomic E-state index is 0.0116. The smallest absolute Gasteiger partial charge is 0.133 e. The van der Waals surface area contributed by atoms with E-state index in [1.165, 1.54) is 5.56 Å². The lowest BCUT2D eigenvalue weighted by Gasteiger charge is -2.25. The Kier molecular flexibility index (Phi) is 3.24. The average molecular weight is 231 g/mol. The Morgan fingerprint density at radius 3 is 3.06 bits per heavy atom. The Morgan fingerprint density at radius 1 is 1.47 bits per heavy atom. The number of carbonyl (C=O) groups excluding carboxylic acids is 1. The fourth-order valence-electron chi connectivity index (χ4n) is 1.90. The number of hydrogen-bond donors (Lipinski definition) is 2. The quantitative estimate of drug-likeness (QED) is 0.607. The number of hydrogen-bond acceptors (Lipinski definition) is 3. The molecule has 0 radical (unpaired) electrons. The Hall–Kier alpha value is -1.68. The van der Waals surface area contributed by atoms with Crippen molar-refractivity contribution < 1.29 is 4.79 Å². The van der Waals surface area contributed by atoms with Crippen LogP contribution in [0.5, 0.6) is 0 Å². The Labute approximate surface area is 100 Å². The molecule has 0 aliphatic rings. The van der Waals surface area contributed by atoms with Gasteiger partial charge in [-0.2, -0.15) is 0 Å². The molecule has 0 bridgehead atoms. The van der Waals surface area contributed by atoms with Crippen molar-refractivity contribution in [2.24, 2.45) is 0 Å². The van der Waals surface area contributed by atoms with E-state index in [4.69, 9.17) is 0 Å². The van der Waals surface area contributed by atoms with Crippen molar-refractivity contribution in [3.8, 4) is 0 Å². The maximum Gasteiger partial charge on any atom is 0.133 e. The summed E-state index contributed by atoms with van der Waals surface area (Å²) >= 11 is 0. The molecule has 4 nitrogen and oxygen atoms in total. The van der Waals surface area contributed by atoms with E-state index in [2.05, 4.69) is 41.3 Å². The third-order valence-corrected chi connectivity index (χ3v) is 3.00. The van der Waals surface area contributed by atoms with E-state index in [1.54, 1.807) is 6.33 Å². The van der Waals surface area contributed by atoms with Gasteiger partial charge in [-0.1, -0.05) is 19.9 Å². The minimum Gasteiger partial charge on any atom is -0.345 e. The van der Waals surface area contributed by atoms with E-state index >= 15 is 0 Å². The summed E-state index contributed by atoms with van der Waals surface area (Å²) in [6, 6.07) is 6.22. The number of nitrogens with zero attached hydrogens (tertiary/aromatic N) is 1. The van der Waals surface area contributed by atoms with Gasteiger partial charge in [-0.25, -0.2) is 4.98 Å². The lowest BCUT2D eigenvalue weighted by Crippen LogP contribution is -2.33. The summed E-state index contributed by atoms with van der Waals surface area (Å²) in [4.78, 5) is 17.6. The molecule has 1 heterocycles. The van der Waals surface area contributed by atoms with Gasteiger partial charge in [0.05, 0.1) is 23.9 Å². The molecule has 0 atom stereocenters. The maximum absolute atomic E-state index is 10.3. The molecule has 90 valence electrons. The van der Waals surface area contributed by atoms with Crippen molar-refractivity contribution in [1.29, 1.82) is 0 Å². The van der Waals surface area contributed by atoms with Gasteiger partial charge in [0.25, 0.3) is 0 Å². The lowest BCUT2D eigenvalue weighted by atomic mass is 9.84. The first kappa shape index (κ1) is 11.8. The van der Waals surface area contributed by atoms with Crippen LogP contribution in [-0.4, -0.2) is 29.3 Å². The van der Waals surface area contributed by atoms with E-state index < -0.39 is 0 Å². The molecule has 0 saturated carbocycles. The molecule has 0 saturated heterocycles. The van der Waals surface area contributed by atoms with Gasteiger partial charge in [0.2, 0.25) is 0 Å². The summed E-state index contributed by atoms with van der Waals surface area (Å²) in [5.41, 5.74) is 3.24. The van der Waals surface area contributed by atoms with Gasteiger partial charge < -0.3 is 15.1 Å². The third-order valence-electron chi connectivity index (χ3n) is 3.00. The number of aromatic amines is 1. The van der Waals surface area contributed by atoms with Crippen LogP contribution < -0.4 is 5.32 Å². The summed E-state index contributed by atoms with van der Waals surface area (Å²) < 4.78 is 0. The lowest BCUT2D eigenvalue weighted by molar-refractivity contribution is -0.107. The molecule has 0 aliphatic carbocycles. The zero-order valence-corrected chi connectivity index (χ0v) is 10.2. The summed E-state index contributed by atoms with van der Waals surface area (Å²) in [7, 11) is 0. The second-order valence-electron chi connectivity index (χ2n) is 4.82. The normalized spacial score (nSPS) is 11.9. The molecule has 17 heavy (non-hydrogen) atoms. The number of H-pyrrole nitrogens is 1. The molecule has 1 aromatic carbocycles. The average Bonchev–Trinajstić information content (AvgIpc) is 2.76. The number of imidazole rings is 1. The van der Waals surface area contributed by atoms with Crippen LogP contribution in [0, 0.1) is 0 Å². The number of nitrogens with one attached hydrogen (secondary N) is 2. The van der Waals surface area contributed by atoms with Gasteiger partial charge in [0.15, 0.2) is 0 Å². The van der Waals surface area contributed by atoms with Crippen molar-refractivity contribution in [2.75, 3.05) is 13.1 Å². The standard InChI is InChI=1S/C13H17N3O/c1-13(2,8-14-5-6-17)10-3-4-11-12(7-10)16-9-15-11/h3-4,6-7,9,14H,5,8H2,1-2H3,(H,15,16). The number of aldehydes is 1. The topological polar surface area (TPSA) is 57.8 Å². The molecule has 2 N–H and O–H groups in total. The Balaban J connectivity index is 2.21. The molecular formula is C13H17N3O. The number of rotatable bonds is 5. The summed E-state index contributed by atoms with van der Waals surface area (Å²) in [5.74, 6) is 0.